The molecule has 1 unspecified atom stereocenters. The van der Waals surface area contributed by atoms with Gasteiger partial charge < -0.3 is 10.2 Å². The number of halogens is 1. The molecule has 0 spiro atoms. The zero-order valence-corrected chi connectivity index (χ0v) is 12.5. The van der Waals surface area contributed by atoms with Crippen molar-refractivity contribution in [1.82, 2.24) is 0 Å². The van der Waals surface area contributed by atoms with E-state index in [1.807, 2.05) is 48.5 Å². The third kappa shape index (κ3) is 3.84. The van der Waals surface area contributed by atoms with E-state index in [1.54, 1.807) is 0 Å². The molecule has 2 rings (SSSR count). The first-order chi connectivity index (χ1) is 9.90. The minimum atomic E-state index is -1.72. The lowest BCUT2D eigenvalue weighted by Crippen LogP contribution is -2.35. The predicted octanol–water partition coefficient (Wildman–Crippen LogP) is 3.78. The van der Waals surface area contributed by atoms with Crippen LogP contribution in [-0.4, -0.2) is 21.8 Å². The molecule has 0 aliphatic heterocycles. The van der Waals surface area contributed by atoms with Crippen LogP contribution < -0.4 is 0 Å². The van der Waals surface area contributed by atoms with E-state index in [0.717, 1.165) is 16.7 Å². The van der Waals surface area contributed by atoms with Crippen LogP contribution in [0.5, 0.6) is 0 Å². The van der Waals surface area contributed by atoms with Gasteiger partial charge >= 0.3 is 5.97 Å². The molecule has 0 aliphatic rings. The number of carboxylic acids is 1. The summed E-state index contributed by atoms with van der Waals surface area (Å²) in [5.74, 6) is -1.21. The lowest BCUT2D eigenvalue weighted by atomic mass is 9.95. The van der Waals surface area contributed by atoms with Gasteiger partial charge in [0.15, 0.2) is 5.60 Å². The second-order valence-electron chi connectivity index (χ2n) is 5.26. The van der Waals surface area contributed by atoms with Crippen LogP contribution in [0.2, 0.25) is 5.02 Å². The minimum Gasteiger partial charge on any atom is -0.479 e. The number of carbonyl (C=O) groups is 1. The number of hydrogen-bond acceptors (Lipinski definition) is 2. The largest absolute Gasteiger partial charge is 0.479 e. The Kier molecular flexibility index (Phi) is 4.66. The van der Waals surface area contributed by atoms with Crippen molar-refractivity contribution in [2.75, 3.05) is 0 Å². The summed E-state index contributed by atoms with van der Waals surface area (Å²) in [5.41, 5.74) is 1.16. The summed E-state index contributed by atoms with van der Waals surface area (Å²) in [5, 5.41) is 19.2. The van der Waals surface area contributed by atoms with Gasteiger partial charge in [0.05, 0.1) is 0 Å². The molecule has 1 atom stereocenters. The first-order valence-corrected chi connectivity index (χ1v) is 7.07. The van der Waals surface area contributed by atoms with Crippen molar-refractivity contribution >= 4 is 17.6 Å². The lowest BCUT2D eigenvalue weighted by Gasteiger charge is -2.17. The van der Waals surface area contributed by atoms with Gasteiger partial charge in [-0.25, -0.2) is 4.79 Å². The summed E-state index contributed by atoms with van der Waals surface area (Å²) in [6, 6.07) is 15.5. The Hall–Kier alpha value is -1.84. The highest BCUT2D eigenvalue weighted by atomic mass is 35.5. The second-order valence-corrected chi connectivity index (χ2v) is 5.67. The molecule has 0 bridgehead atoms. The van der Waals surface area contributed by atoms with Gasteiger partial charge in [-0.05, 0) is 37.0 Å². The Morgan fingerprint density at radius 1 is 1.19 bits per heavy atom. The average molecular weight is 305 g/mol. The first kappa shape index (κ1) is 15.5. The van der Waals surface area contributed by atoms with Gasteiger partial charge in [-0.1, -0.05) is 54.1 Å². The molecule has 0 saturated carbocycles. The van der Waals surface area contributed by atoms with E-state index >= 15 is 0 Å². The van der Waals surface area contributed by atoms with Crippen molar-refractivity contribution in [3.05, 3.63) is 59.1 Å². The highest BCUT2D eigenvalue weighted by molar-refractivity contribution is 6.33. The van der Waals surface area contributed by atoms with Crippen molar-refractivity contribution in [3.63, 3.8) is 0 Å². The molecule has 2 N–H and O–H groups in total. The van der Waals surface area contributed by atoms with E-state index in [2.05, 4.69) is 0 Å². The Balaban J connectivity index is 2.15. The molecule has 21 heavy (non-hydrogen) atoms. The van der Waals surface area contributed by atoms with Crippen LogP contribution in [-0.2, 0) is 11.2 Å². The quantitative estimate of drug-likeness (QED) is 0.884. The van der Waals surface area contributed by atoms with E-state index in [-0.39, 0.29) is 6.42 Å². The number of aliphatic hydroxyl groups is 1. The topological polar surface area (TPSA) is 57.5 Å². The van der Waals surface area contributed by atoms with Crippen molar-refractivity contribution in [2.24, 2.45) is 0 Å². The van der Waals surface area contributed by atoms with E-state index < -0.39 is 11.6 Å². The first-order valence-electron chi connectivity index (χ1n) is 6.70. The third-order valence-corrected chi connectivity index (χ3v) is 3.79. The van der Waals surface area contributed by atoms with Crippen LogP contribution in [0.3, 0.4) is 0 Å². The van der Waals surface area contributed by atoms with Gasteiger partial charge in [0.2, 0.25) is 0 Å². The highest BCUT2D eigenvalue weighted by Crippen LogP contribution is 2.29. The predicted molar refractivity (Wildman–Crippen MR) is 83.5 cm³/mol. The summed E-state index contributed by atoms with van der Waals surface area (Å²) in [6.45, 7) is 1.30. The summed E-state index contributed by atoms with van der Waals surface area (Å²) in [7, 11) is 0. The van der Waals surface area contributed by atoms with Crippen LogP contribution in [0.15, 0.2) is 48.5 Å². The monoisotopic (exact) mass is 304 g/mol. The molecular weight excluding hydrogens is 288 g/mol. The number of carboxylic acid groups (broad SMARTS) is 1. The Morgan fingerprint density at radius 2 is 1.86 bits per heavy atom. The zero-order valence-electron chi connectivity index (χ0n) is 11.7. The van der Waals surface area contributed by atoms with Crippen LogP contribution in [0, 0.1) is 0 Å². The minimum absolute atomic E-state index is 0.142. The molecule has 4 heteroatoms. The third-order valence-electron chi connectivity index (χ3n) is 3.48. The highest BCUT2D eigenvalue weighted by Gasteiger charge is 2.29. The molecule has 2 aromatic rings. The molecule has 0 saturated heterocycles. The maximum Gasteiger partial charge on any atom is 0.335 e. The normalized spacial score (nSPS) is 13.7. The number of aliphatic carboxylic acids is 1. The Bertz CT molecular complexity index is 636. The number of aryl methyl sites for hydroxylation is 1. The zero-order chi connectivity index (χ0) is 15.5. The molecular formula is C17H17ClO3. The number of hydrogen-bond donors (Lipinski definition) is 2. The van der Waals surface area contributed by atoms with Crippen molar-refractivity contribution in [3.8, 4) is 11.1 Å². The number of rotatable bonds is 5. The van der Waals surface area contributed by atoms with Crippen molar-refractivity contribution < 1.29 is 15.0 Å². The second kappa shape index (κ2) is 6.29. The van der Waals surface area contributed by atoms with E-state index in [0.29, 0.717) is 11.4 Å². The maximum atomic E-state index is 10.9. The van der Waals surface area contributed by atoms with E-state index in [1.165, 1.54) is 6.92 Å². The molecule has 0 aromatic heterocycles. The lowest BCUT2D eigenvalue weighted by molar-refractivity contribution is -0.157. The summed E-state index contributed by atoms with van der Waals surface area (Å²) >= 11 is 6.30. The maximum absolute atomic E-state index is 10.9. The van der Waals surface area contributed by atoms with Gasteiger partial charge in [0, 0.05) is 10.6 Å². The molecule has 0 aliphatic carbocycles. The van der Waals surface area contributed by atoms with E-state index in [4.69, 9.17) is 16.7 Å². The standard InChI is InChI=1S/C17H17ClO3/c1-17(21,16(19)20)10-9-12-7-8-14(15(18)11-12)13-5-3-2-4-6-13/h2-8,11,21H,9-10H2,1H3,(H,19,20). The smallest absolute Gasteiger partial charge is 0.335 e. The molecule has 0 fully saturated rings. The van der Waals surface area contributed by atoms with Gasteiger partial charge in [-0.3, -0.25) is 0 Å². The molecule has 0 radical (unpaired) electrons. The Labute approximate surface area is 128 Å². The average Bonchev–Trinajstić information content (AvgIpc) is 2.46. The van der Waals surface area contributed by atoms with Gasteiger partial charge in [0.1, 0.15) is 0 Å². The molecule has 110 valence electrons. The molecule has 3 nitrogen and oxygen atoms in total. The SMILES string of the molecule is CC(O)(CCc1ccc(-c2ccccc2)c(Cl)c1)C(=O)O. The van der Waals surface area contributed by atoms with Crippen molar-refractivity contribution in [2.45, 2.75) is 25.4 Å². The van der Waals surface area contributed by atoms with Crippen molar-refractivity contribution in [1.29, 1.82) is 0 Å². The van der Waals surface area contributed by atoms with Crippen LogP contribution >= 0.6 is 11.6 Å². The summed E-state index contributed by atoms with van der Waals surface area (Å²) in [6.07, 6.45) is 0.595. The van der Waals surface area contributed by atoms with Gasteiger partial charge in [-0.15, -0.1) is 0 Å². The molecule has 0 heterocycles. The van der Waals surface area contributed by atoms with Gasteiger partial charge in [-0.2, -0.15) is 0 Å². The fraction of sp³-hybridized carbons (Fsp3) is 0.235. The molecule has 0 amide bonds. The summed E-state index contributed by atoms with van der Waals surface area (Å²) < 4.78 is 0. The van der Waals surface area contributed by atoms with Crippen LogP contribution in [0.1, 0.15) is 18.9 Å². The Morgan fingerprint density at radius 3 is 2.43 bits per heavy atom. The summed E-state index contributed by atoms with van der Waals surface area (Å²) in [4.78, 5) is 10.9. The van der Waals surface area contributed by atoms with Crippen LogP contribution in [0.4, 0.5) is 0 Å². The van der Waals surface area contributed by atoms with Gasteiger partial charge in [0.25, 0.3) is 0 Å². The van der Waals surface area contributed by atoms with E-state index in [9.17, 15) is 9.90 Å². The molecule has 2 aromatic carbocycles. The fourth-order valence-corrected chi connectivity index (χ4v) is 2.37. The number of benzene rings is 2. The fourth-order valence-electron chi connectivity index (χ4n) is 2.06. The van der Waals surface area contributed by atoms with Crippen LogP contribution in [0.25, 0.3) is 11.1 Å².